The minimum absolute atomic E-state index is 0.175. The van der Waals surface area contributed by atoms with Gasteiger partial charge < -0.3 is 10.2 Å². The summed E-state index contributed by atoms with van der Waals surface area (Å²) >= 11 is 0. The molecule has 0 bridgehead atoms. The fourth-order valence-electron chi connectivity index (χ4n) is 3.25. The Morgan fingerprint density at radius 2 is 1.70 bits per heavy atom. The average molecular weight is 274 g/mol. The van der Waals surface area contributed by atoms with Crippen LogP contribution in [0.1, 0.15) is 47.2 Å². The fourth-order valence-corrected chi connectivity index (χ4v) is 3.25. The van der Waals surface area contributed by atoms with E-state index in [1.807, 2.05) is 51.0 Å². The van der Waals surface area contributed by atoms with Crippen molar-refractivity contribution in [2.24, 2.45) is 0 Å². The number of carbonyl (C=O) groups excluding carboxylic acids is 1. The van der Waals surface area contributed by atoms with Crippen molar-refractivity contribution < 1.29 is 4.79 Å². The molecule has 110 valence electrons. The Balaban J connectivity index is 2.10. The summed E-state index contributed by atoms with van der Waals surface area (Å²) in [6.45, 7) is 4.04. The molecule has 20 heavy (non-hydrogen) atoms. The van der Waals surface area contributed by atoms with Crippen LogP contribution in [0.25, 0.3) is 0 Å². The van der Waals surface area contributed by atoms with Crippen LogP contribution in [0.2, 0.25) is 0 Å². The second-order valence-corrected chi connectivity index (χ2v) is 5.98. The Kier molecular flexibility index (Phi) is 4.81. The Labute approximate surface area is 122 Å². The number of carbonyl (C=O) groups is 1. The lowest BCUT2D eigenvalue weighted by atomic mass is 9.90. The van der Waals surface area contributed by atoms with Crippen LogP contribution in [0.15, 0.2) is 18.2 Å². The van der Waals surface area contributed by atoms with Gasteiger partial charge in [-0.05, 0) is 57.7 Å². The Morgan fingerprint density at radius 3 is 2.20 bits per heavy atom. The Hall–Kier alpha value is -1.35. The monoisotopic (exact) mass is 274 g/mol. The van der Waals surface area contributed by atoms with Gasteiger partial charge in [-0.2, -0.15) is 0 Å². The summed E-state index contributed by atoms with van der Waals surface area (Å²) in [6, 6.07) is 7.05. The molecule has 0 unspecified atom stereocenters. The molecule has 0 atom stereocenters. The van der Waals surface area contributed by atoms with Gasteiger partial charge in [0, 0.05) is 24.7 Å². The highest BCUT2D eigenvalue weighted by atomic mass is 16.2. The van der Waals surface area contributed by atoms with Crippen LogP contribution < -0.4 is 5.32 Å². The summed E-state index contributed by atoms with van der Waals surface area (Å²) in [5.74, 6) is 0.175. The normalized spacial score (nSPS) is 22.6. The minimum Gasteiger partial charge on any atom is -0.339 e. The summed E-state index contributed by atoms with van der Waals surface area (Å²) in [6.07, 6.45) is 4.51. The van der Waals surface area contributed by atoms with Crippen molar-refractivity contribution in [1.82, 2.24) is 10.2 Å². The zero-order valence-corrected chi connectivity index (χ0v) is 13.1. The van der Waals surface area contributed by atoms with E-state index in [0.29, 0.717) is 12.1 Å². The van der Waals surface area contributed by atoms with Crippen molar-refractivity contribution in [2.75, 3.05) is 14.1 Å². The quantitative estimate of drug-likeness (QED) is 0.919. The second-order valence-electron chi connectivity index (χ2n) is 5.98. The first-order chi connectivity index (χ1) is 9.54. The number of nitrogens with zero attached hydrogens (tertiary/aromatic N) is 1. The average Bonchev–Trinajstić information content (AvgIpc) is 2.46. The van der Waals surface area contributed by atoms with Gasteiger partial charge in [0.25, 0.3) is 5.91 Å². The minimum atomic E-state index is 0.175. The molecule has 0 spiro atoms. The topological polar surface area (TPSA) is 32.3 Å². The number of hydrogen-bond acceptors (Lipinski definition) is 2. The van der Waals surface area contributed by atoms with Crippen LogP contribution in [0.5, 0.6) is 0 Å². The number of nitrogens with one attached hydrogen (secondary N) is 1. The third-order valence-electron chi connectivity index (χ3n) is 4.67. The number of rotatable bonds is 3. The highest BCUT2D eigenvalue weighted by Crippen LogP contribution is 2.25. The van der Waals surface area contributed by atoms with Gasteiger partial charge in [0.2, 0.25) is 0 Å². The first-order valence-corrected chi connectivity index (χ1v) is 7.55. The molecule has 1 aliphatic rings. The molecule has 1 amide bonds. The number of benzene rings is 1. The van der Waals surface area contributed by atoms with Gasteiger partial charge in [0.15, 0.2) is 0 Å². The molecule has 1 aliphatic carbocycles. The van der Waals surface area contributed by atoms with E-state index in [1.54, 1.807) is 0 Å². The number of aryl methyl sites for hydroxylation is 2. The predicted octanol–water partition coefficient (Wildman–Crippen LogP) is 2.91. The van der Waals surface area contributed by atoms with E-state index in [9.17, 15) is 4.79 Å². The van der Waals surface area contributed by atoms with Gasteiger partial charge in [-0.1, -0.05) is 18.2 Å². The lowest BCUT2D eigenvalue weighted by Crippen LogP contribution is -2.42. The molecule has 1 aromatic rings. The van der Waals surface area contributed by atoms with Gasteiger partial charge in [-0.25, -0.2) is 0 Å². The lowest BCUT2D eigenvalue weighted by Gasteiger charge is -2.35. The Morgan fingerprint density at radius 1 is 1.15 bits per heavy atom. The molecular weight excluding hydrogens is 248 g/mol. The highest BCUT2D eigenvalue weighted by Gasteiger charge is 2.27. The molecule has 0 heterocycles. The van der Waals surface area contributed by atoms with Gasteiger partial charge in [0.05, 0.1) is 0 Å². The molecule has 1 N–H and O–H groups in total. The second kappa shape index (κ2) is 6.40. The largest absolute Gasteiger partial charge is 0.339 e. The lowest BCUT2D eigenvalue weighted by molar-refractivity contribution is 0.0684. The maximum absolute atomic E-state index is 12.7. The first-order valence-electron chi connectivity index (χ1n) is 7.55. The van der Waals surface area contributed by atoms with E-state index in [-0.39, 0.29) is 5.91 Å². The zero-order chi connectivity index (χ0) is 14.7. The summed E-state index contributed by atoms with van der Waals surface area (Å²) in [4.78, 5) is 14.7. The molecule has 3 heteroatoms. The summed E-state index contributed by atoms with van der Waals surface area (Å²) in [5, 5.41) is 3.34. The molecule has 0 radical (unpaired) electrons. The van der Waals surface area contributed by atoms with Gasteiger partial charge in [-0.3, -0.25) is 4.79 Å². The molecule has 3 nitrogen and oxygen atoms in total. The van der Waals surface area contributed by atoms with Gasteiger partial charge in [0.1, 0.15) is 0 Å². The molecule has 1 saturated carbocycles. The highest BCUT2D eigenvalue weighted by molar-refractivity contribution is 5.97. The van der Waals surface area contributed by atoms with E-state index in [2.05, 4.69) is 5.32 Å². The molecule has 1 fully saturated rings. The maximum Gasteiger partial charge on any atom is 0.254 e. The molecule has 2 rings (SSSR count). The van der Waals surface area contributed by atoms with E-state index in [4.69, 9.17) is 0 Å². The molecule has 0 aromatic heterocycles. The predicted molar refractivity (Wildman–Crippen MR) is 83.1 cm³/mol. The van der Waals surface area contributed by atoms with Gasteiger partial charge in [-0.15, -0.1) is 0 Å². The molecular formula is C17H26N2O. The third kappa shape index (κ3) is 3.04. The van der Waals surface area contributed by atoms with Crippen molar-refractivity contribution in [2.45, 2.75) is 51.6 Å². The van der Waals surface area contributed by atoms with E-state index in [1.165, 1.54) is 0 Å². The SMILES string of the molecule is CNC1CCC(N(C)C(=O)c2c(C)cccc2C)CC1. The van der Waals surface area contributed by atoms with E-state index < -0.39 is 0 Å². The number of hydrogen-bond donors (Lipinski definition) is 1. The van der Waals surface area contributed by atoms with Crippen molar-refractivity contribution >= 4 is 5.91 Å². The molecule has 0 aliphatic heterocycles. The summed E-state index contributed by atoms with van der Waals surface area (Å²) in [7, 11) is 3.98. The van der Waals surface area contributed by atoms with Crippen LogP contribution in [0.3, 0.4) is 0 Å². The van der Waals surface area contributed by atoms with Crippen LogP contribution in [-0.2, 0) is 0 Å². The molecule has 0 saturated heterocycles. The maximum atomic E-state index is 12.7. The van der Waals surface area contributed by atoms with Crippen LogP contribution in [-0.4, -0.2) is 37.0 Å². The standard InChI is InChI=1S/C17H26N2O/c1-12-6-5-7-13(2)16(12)17(20)19(4)15-10-8-14(18-3)9-11-15/h5-7,14-15,18H,8-11H2,1-4H3. The van der Waals surface area contributed by atoms with Crippen molar-refractivity contribution in [3.05, 3.63) is 34.9 Å². The smallest absolute Gasteiger partial charge is 0.254 e. The van der Waals surface area contributed by atoms with E-state index >= 15 is 0 Å². The fraction of sp³-hybridized carbons (Fsp3) is 0.588. The summed E-state index contributed by atoms with van der Waals surface area (Å²) < 4.78 is 0. The Bertz CT molecular complexity index is 456. The summed E-state index contributed by atoms with van der Waals surface area (Å²) in [5.41, 5.74) is 3.03. The zero-order valence-electron chi connectivity index (χ0n) is 13.1. The first kappa shape index (κ1) is 15.0. The van der Waals surface area contributed by atoms with Crippen LogP contribution in [0.4, 0.5) is 0 Å². The van der Waals surface area contributed by atoms with Crippen molar-refractivity contribution in [3.8, 4) is 0 Å². The van der Waals surface area contributed by atoms with Crippen molar-refractivity contribution in [3.63, 3.8) is 0 Å². The van der Waals surface area contributed by atoms with Crippen LogP contribution >= 0.6 is 0 Å². The van der Waals surface area contributed by atoms with Crippen molar-refractivity contribution in [1.29, 1.82) is 0 Å². The van der Waals surface area contributed by atoms with E-state index in [0.717, 1.165) is 42.4 Å². The van der Waals surface area contributed by atoms with Crippen LogP contribution in [0, 0.1) is 13.8 Å². The molecule has 1 aromatic carbocycles. The number of amides is 1. The van der Waals surface area contributed by atoms with Gasteiger partial charge >= 0.3 is 0 Å². The third-order valence-corrected chi connectivity index (χ3v) is 4.67.